The molecule has 0 aromatic heterocycles. The van der Waals surface area contributed by atoms with E-state index in [1.807, 2.05) is 38.1 Å². The first-order chi connectivity index (χ1) is 8.58. The minimum atomic E-state index is -0.987. The standard InChI is InChI=1S/C15H14O3/c1-10-7-8-12(15(16)17)14(9-10)18-13-6-4-3-5-11(13)2/h3-9H,1-2H3,(H,16,17). The van der Waals surface area contributed by atoms with Crippen LogP contribution < -0.4 is 4.74 Å². The van der Waals surface area contributed by atoms with E-state index in [0.717, 1.165) is 11.1 Å². The molecule has 2 aromatic rings. The molecule has 0 atom stereocenters. The van der Waals surface area contributed by atoms with Gasteiger partial charge in [-0.25, -0.2) is 4.79 Å². The Hall–Kier alpha value is -2.29. The summed E-state index contributed by atoms with van der Waals surface area (Å²) < 4.78 is 5.70. The second-order valence-corrected chi connectivity index (χ2v) is 4.17. The van der Waals surface area contributed by atoms with Crippen LogP contribution in [0.2, 0.25) is 0 Å². The number of hydrogen-bond acceptors (Lipinski definition) is 2. The Balaban J connectivity index is 2.42. The van der Waals surface area contributed by atoms with Crippen LogP contribution in [0.25, 0.3) is 0 Å². The van der Waals surface area contributed by atoms with E-state index in [9.17, 15) is 4.79 Å². The predicted octanol–water partition coefficient (Wildman–Crippen LogP) is 3.79. The van der Waals surface area contributed by atoms with Gasteiger partial charge in [-0.05, 0) is 43.2 Å². The second kappa shape index (κ2) is 4.92. The van der Waals surface area contributed by atoms with Gasteiger partial charge in [0, 0.05) is 0 Å². The highest BCUT2D eigenvalue weighted by atomic mass is 16.5. The minimum Gasteiger partial charge on any atom is -0.478 e. The number of aromatic carboxylic acids is 1. The average Bonchev–Trinajstić information content (AvgIpc) is 2.32. The Kier molecular flexibility index (Phi) is 3.33. The van der Waals surface area contributed by atoms with Crippen LogP contribution in [0.1, 0.15) is 21.5 Å². The molecule has 0 saturated heterocycles. The van der Waals surface area contributed by atoms with E-state index >= 15 is 0 Å². The molecule has 3 heteroatoms. The maximum atomic E-state index is 11.1. The number of carbonyl (C=O) groups is 1. The number of carboxylic acids is 1. The van der Waals surface area contributed by atoms with Gasteiger partial charge in [0.2, 0.25) is 0 Å². The van der Waals surface area contributed by atoms with Crippen LogP contribution >= 0.6 is 0 Å². The molecular formula is C15H14O3. The van der Waals surface area contributed by atoms with E-state index < -0.39 is 5.97 Å². The maximum absolute atomic E-state index is 11.1. The molecule has 18 heavy (non-hydrogen) atoms. The quantitative estimate of drug-likeness (QED) is 0.890. The van der Waals surface area contributed by atoms with E-state index in [4.69, 9.17) is 9.84 Å². The molecule has 0 saturated carbocycles. The Morgan fingerprint density at radius 1 is 1.06 bits per heavy atom. The highest BCUT2D eigenvalue weighted by Crippen LogP contribution is 2.28. The number of carboxylic acid groups (broad SMARTS) is 1. The fourth-order valence-electron chi connectivity index (χ4n) is 1.68. The number of rotatable bonds is 3. The number of aryl methyl sites for hydroxylation is 2. The normalized spacial score (nSPS) is 10.1. The molecule has 1 N–H and O–H groups in total. The molecule has 3 nitrogen and oxygen atoms in total. The number of para-hydroxylation sites is 1. The third-order valence-corrected chi connectivity index (χ3v) is 2.68. The van der Waals surface area contributed by atoms with Gasteiger partial charge in [0.25, 0.3) is 0 Å². The van der Waals surface area contributed by atoms with Crippen molar-refractivity contribution in [1.82, 2.24) is 0 Å². The van der Waals surface area contributed by atoms with Crippen molar-refractivity contribution in [1.29, 1.82) is 0 Å². The Morgan fingerprint density at radius 3 is 2.44 bits per heavy atom. The molecule has 0 spiro atoms. The Morgan fingerprint density at radius 2 is 1.78 bits per heavy atom. The molecular weight excluding hydrogens is 228 g/mol. The molecule has 0 unspecified atom stereocenters. The molecule has 0 fully saturated rings. The summed E-state index contributed by atoms with van der Waals surface area (Å²) in [6.07, 6.45) is 0. The first-order valence-corrected chi connectivity index (χ1v) is 5.65. The molecule has 0 radical (unpaired) electrons. The summed E-state index contributed by atoms with van der Waals surface area (Å²) in [5.41, 5.74) is 2.10. The smallest absolute Gasteiger partial charge is 0.339 e. The highest BCUT2D eigenvalue weighted by Gasteiger charge is 2.12. The van der Waals surface area contributed by atoms with Crippen LogP contribution in [0.4, 0.5) is 0 Å². The molecule has 0 amide bonds. The lowest BCUT2D eigenvalue weighted by atomic mass is 10.1. The minimum absolute atomic E-state index is 0.170. The van der Waals surface area contributed by atoms with Gasteiger partial charge in [-0.2, -0.15) is 0 Å². The molecule has 0 aliphatic heterocycles. The Bertz CT molecular complexity index is 588. The van der Waals surface area contributed by atoms with Gasteiger partial charge in [-0.1, -0.05) is 24.3 Å². The van der Waals surface area contributed by atoms with Crippen molar-refractivity contribution in [3.05, 3.63) is 59.2 Å². The average molecular weight is 242 g/mol. The van der Waals surface area contributed by atoms with Crippen molar-refractivity contribution in [2.75, 3.05) is 0 Å². The van der Waals surface area contributed by atoms with E-state index in [1.165, 1.54) is 0 Å². The maximum Gasteiger partial charge on any atom is 0.339 e. The third kappa shape index (κ3) is 2.51. The molecule has 0 heterocycles. The second-order valence-electron chi connectivity index (χ2n) is 4.17. The SMILES string of the molecule is Cc1ccc(C(=O)O)c(Oc2ccccc2C)c1. The third-order valence-electron chi connectivity index (χ3n) is 2.68. The molecule has 0 bridgehead atoms. The lowest BCUT2D eigenvalue weighted by Crippen LogP contribution is -2.00. The van der Waals surface area contributed by atoms with Gasteiger partial charge in [0.1, 0.15) is 17.1 Å². The molecule has 92 valence electrons. The first kappa shape index (κ1) is 12.2. The van der Waals surface area contributed by atoms with Crippen molar-refractivity contribution in [2.24, 2.45) is 0 Å². The largest absolute Gasteiger partial charge is 0.478 e. The summed E-state index contributed by atoms with van der Waals surface area (Å²) in [6, 6.07) is 12.6. The zero-order valence-electron chi connectivity index (χ0n) is 10.3. The number of hydrogen-bond donors (Lipinski definition) is 1. The Labute approximate surface area is 106 Å². The van der Waals surface area contributed by atoms with Crippen molar-refractivity contribution in [3.8, 4) is 11.5 Å². The van der Waals surface area contributed by atoms with E-state index in [2.05, 4.69) is 0 Å². The fraction of sp³-hybridized carbons (Fsp3) is 0.133. The van der Waals surface area contributed by atoms with Crippen molar-refractivity contribution in [3.63, 3.8) is 0 Å². The van der Waals surface area contributed by atoms with Gasteiger partial charge in [0.15, 0.2) is 0 Å². The van der Waals surface area contributed by atoms with Gasteiger partial charge in [-0.3, -0.25) is 0 Å². The first-order valence-electron chi connectivity index (χ1n) is 5.65. The summed E-state index contributed by atoms with van der Waals surface area (Å²) in [5, 5.41) is 9.12. The van der Waals surface area contributed by atoms with Crippen LogP contribution in [-0.4, -0.2) is 11.1 Å². The van der Waals surface area contributed by atoms with E-state index in [0.29, 0.717) is 11.5 Å². The zero-order valence-corrected chi connectivity index (χ0v) is 10.3. The summed E-state index contributed by atoms with van der Waals surface area (Å²) >= 11 is 0. The topological polar surface area (TPSA) is 46.5 Å². The van der Waals surface area contributed by atoms with E-state index in [1.54, 1.807) is 18.2 Å². The fourth-order valence-corrected chi connectivity index (χ4v) is 1.68. The zero-order chi connectivity index (χ0) is 13.1. The van der Waals surface area contributed by atoms with Gasteiger partial charge < -0.3 is 9.84 Å². The summed E-state index contributed by atoms with van der Waals surface area (Å²) in [7, 11) is 0. The monoisotopic (exact) mass is 242 g/mol. The van der Waals surface area contributed by atoms with Crippen LogP contribution in [-0.2, 0) is 0 Å². The van der Waals surface area contributed by atoms with Crippen molar-refractivity contribution >= 4 is 5.97 Å². The van der Waals surface area contributed by atoms with Crippen molar-refractivity contribution < 1.29 is 14.6 Å². The van der Waals surface area contributed by atoms with Gasteiger partial charge >= 0.3 is 5.97 Å². The van der Waals surface area contributed by atoms with Gasteiger partial charge in [0.05, 0.1) is 0 Å². The van der Waals surface area contributed by atoms with Crippen LogP contribution in [0, 0.1) is 13.8 Å². The van der Waals surface area contributed by atoms with E-state index in [-0.39, 0.29) is 5.56 Å². The lowest BCUT2D eigenvalue weighted by Gasteiger charge is -2.11. The lowest BCUT2D eigenvalue weighted by molar-refractivity contribution is 0.0694. The van der Waals surface area contributed by atoms with Gasteiger partial charge in [-0.15, -0.1) is 0 Å². The van der Waals surface area contributed by atoms with Crippen LogP contribution in [0.15, 0.2) is 42.5 Å². The molecule has 2 aromatic carbocycles. The molecule has 0 aliphatic carbocycles. The van der Waals surface area contributed by atoms with Crippen LogP contribution in [0.5, 0.6) is 11.5 Å². The number of benzene rings is 2. The summed E-state index contributed by atoms with van der Waals surface area (Å²) in [4.78, 5) is 11.1. The summed E-state index contributed by atoms with van der Waals surface area (Å²) in [6.45, 7) is 3.82. The van der Waals surface area contributed by atoms with Crippen molar-refractivity contribution in [2.45, 2.75) is 13.8 Å². The molecule has 0 aliphatic rings. The number of ether oxygens (including phenoxy) is 1. The summed E-state index contributed by atoms with van der Waals surface area (Å²) in [5.74, 6) is 0.0565. The predicted molar refractivity (Wildman–Crippen MR) is 69.4 cm³/mol. The molecule has 2 rings (SSSR count). The van der Waals surface area contributed by atoms with Crippen LogP contribution in [0.3, 0.4) is 0 Å². The highest BCUT2D eigenvalue weighted by molar-refractivity contribution is 5.91.